The Morgan fingerprint density at radius 1 is 1.52 bits per heavy atom. The molecule has 7 heteroatoms. The maximum atomic E-state index is 12.2. The number of carbonyl (C=O) groups excluding carboxylic acids is 1. The van der Waals surface area contributed by atoms with E-state index in [9.17, 15) is 20.0 Å². The molecule has 0 heterocycles. The Morgan fingerprint density at radius 3 is 2.74 bits per heavy atom. The zero-order chi connectivity index (χ0) is 17.1. The summed E-state index contributed by atoms with van der Waals surface area (Å²) in [5.74, 6) is 0.308. The van der Waals surface area contributed by atoms with Crippen molar-refractivity contribution in [1.29, 1.82) is 0 Å². The molecule has 23 heavy (non-hydrogen) atoms. The van der Waals surface area contributed by atoms with Crippen LogP contribution in [0.25, 0.3) is 0 Å². The molecule has 2 unspecified atom stereocenters. The second-order valence-corrected chi connectivity index (χ2v) is 6.26. The number of urea groups is 1. The number of nitrogens with zero attached hydrogens (tertiary/aromatic N) is 2. The fraction of sp³-hybridized carbons (Fsp3) is 0.562. The van der Waals surface area contributed by atoms with Crippen LogP contribution in [0.1, 0.15) is 36.9 Å². The molecule has 0 bridgehead atoms. The molecule has 0 aliphatic heterocycles. The number of benzene rings is 1. The molecular formula is C16H23N3O4. The molecule has 1 fully saturated rings. The maximum Gasteiger partial charge on any atom is 0.317 e. The van der Waals surface area contributed by atoms with E-state index in [2.05, 4.69) is 5.32 Å². The number of rotatable bonds is 6. The monoisotopic (exact) mass is 321 g/mol. The quantitative estimate of drug-likeness (QED) is 0.621. The molecule has 2 N–H and O–H groups in total. The number of carbonyl (C=O) groups is 1. The van der Waals surface area contributed by atoms with Crippen LogP contribution in [0.4, 0.5) is 10.5 Å². The third-order valence-corrected chi connectivity index (χ3v) is 4.24. The summed E-state index contributed by atoms with van der Waals surface area (Å²) in [4.78, 5) is 24.2. The molecule has 0 radical (unpaired) electrons. The van der Waals surface area contributed by atoms with Crippen LogP contribution in [0, 0.1) is 23.0 Å². The van der Waals surface area contributed by atoms with Gasteiger partial charge in [0.2, 0.25) is 0 Å². The summed E-state index contributed by atoms with van der Waals surface area (Å²) in [6, 6.07) is 4.27. The van der Waals surface area contributed by atoms with E-state index in [-0.39, 0.29) is 24.3 Å². The van der Waals surface area contributed by atoms with Crippen molar-refractivity contribution in [3.8, 4) is 0 Å². The predicted octanol–water partition coefficient (Wildman–Crippen LogP) is 2.38. The van der Waals surface area contributed by atoms with Gasteiger partial charge < -0.3 is 15.3 Å². The highest BCUT2D eigenvalue weighted by Gasteiger charge is 2.31. The van der Waals surface area contributed by atoms with Gasteiger partial charge in [0.25, 0.3) is 5.69 Å². The van der Waals surface area contributed by atoms with Crippen molar-refractivity contribution in [1.82, 2.24) is 10.2 Å². The molecule has 7 nitrogen and oxygen atoms in total. The smallest absolute Gasteiger partial charge is 0.317 e. The summed E-state index contributed by atoms with van der Waals surface area (Å²) >= 11 is 0. The summed E-state index contributed by atoms with van der Waals surface area (Å²) in [7, 11) is 1.63. The summed E-state index contributed by atoms with van der Waals surface area (Å²) in [5, 5.41) is 23.7. The molecule has 1 saturated carbocycles. The number of nitro groups is 1. The van der Waals surface area contributed by atoms with Crippen molar-refractivity contribution in [3.63, 3.8) is 0 Å². The Morgan fingerprint density at radius 2 is 2.17 bits per heavy atom. The average Bonchev–Trinajstić information content (AvgIpc) is 3.31. The normalized spacial score (nSPS) is 16.5. The van der Waals surface area contributed by atoms with E-state index in [1.165, 1.54) is 11.0 Å². The third kappa shape index (κ3) is 4.41. The highest BCUT2D eigenvalue weighted by atomic mass is 16.6. The van der Waals surface area contributed by atoms with Gasteiger partial charge in [-0.05, 0) is 38.2 Å². The van der Waals surface area contributed by atoms with Crippen molar-refractivity contribution in [2.24, 2.45) is 5.92 Å². The molecule has 1 aliphatic carbocycles. The predicted molar refractivity (Wildman–Crippen MR) is 86.1 cm³/mol. The lowest BCUT2D eigenvalue weighted by Crippen LogP contribution is -2.42. The van der Waals surface area contributed by atoms with Crippen molar-refractivity contribution in [2.45, 2.75) is 38.8 Å². The summed E-state index contributed by atoms with van der Waals surface area (Å²) < 4.78 is 0. The van der Waals surface area contributed by atoms with Crippen LogP contribution in [-0.2, 0) is 0 Å². The minimum absolute atomic E-state index is 0.0427. The lowest BCUT2D eigenvalue weighted by Gasteiger charge is -2.23. The van der Waals surface area contributed by atoms with Crippen LogP contribution < -0.4 is 5.32 Å². The van der Waals surface area contributed by atoms with Gasteiger partial charge in [-0.1, -0.05) is 12.1 Å². The van der Waals surface area contributed by atoms with Crippen molar-refractivity contribution in [3.05, 3.63) is 39.4 Å². The van der Waals surface area contributed by atoms with Crippen molar-refractivity contribution >= 4 is 11.7 Å². The Kier molecular flexibility index (Phi) is 5.20. The lowest BCUT2D eigenvalue weighted by molar-refractivity contribution is -0.385. The Balaban J connectivity index is 1.97. The molecule has 1 aromatic rings. The number of hydrogen-bond donors (Lipinski definition) is 2. The highest BCUT2D eigenvalue weighted by molar-refractivity contribution is 5.74. The summed E-state index contributed by atoms with van der Waals surface area (Å²) in [6.07, 6.45) is 1.54. The van der Waals surface area contributed by atoms with E-state index in [4.69, 9.17) is 0 Å². The molecule has 126 valence electrons. The molecule has 1 aliphatic rings. The zero-order valence-electron chi connectivity index (χ0n) is 13.7. The fourth-order valence-corrected chi connectivity index (χ4v) is 2.46. The Hall–Kier alpha value is -2.15. The first-order valence-corrected chi connectivity index (χ1v) is 7.74. The van der Waals surface area contributed by atoms with Crippen molar-refractivity contribution in [2.75, 3.05) is 13.6 Å². The van der Waals surface area contributed by atoms with E-state index < -0.39 is 11.0 Å². The largest absolute Gasteiger partial charge is 0.391 e. The zero-order valence-corrected chi connectivity index (χ0v) is 13.7. The van der Waals surface area contributed by atoms with Gasteiger partial charge in [-0.3, -0.25) is 10.1 Å². The van der Waals surface area contributed by atoms with E-state index in [1.54, 1.807) is 33.0 Å². The van der Waals surface area contributed by atoms with Gasteiger partial charge >= 0.3 is 6.03 Å². The SMILES string of the molecule is Cc1ccc(C(C)NC(=O)N(C)CC(O)C2CC2)cc1[N+](=O)[O-]. The lowest BCUT2D eigenvalue weighted by atomic mass is 10.0. The van der Waals surface area contributed by atoms with Gasteiger partial charge in [0.1, 0.15) is 0 Å². The van der Waals surface area contributed by atoms with Gasteiger partial charge in [-0.2, -0.15) is 0 Å². The van der Waals surface area contributed by atoms with Crippen LogP contribution >= 0.6 is 0 Å². The number of aryl methyl sites for hydroxylation is 1. The van der Waals surface area contributed by atoms with E-state index in [0.717, 1.165) is 12.8 Å². The fourth-order valence-electron chi connectivity index (χ4n) is 2.46. The second-order valence-electron chi connectivity index (χ2n) is 6.26. The molecule has 1 aromatic carbocycles. The first kappa shape index (κ1) is 17.2. The molecule has 0 spiro atoms. The summed E-state index contributed by atoms with van der Waals surface area (Å²) in [6.45, 7) is 3.74. The number of amides is 2. The molecular weight excluding hydrogens is 298 g/mol. The third-order valence-electron chi connectivity index (χ3n) is 4.24. The van der Waals surface area contributed by atoms with Crippen LogP contribution in [0.15, 0.2) is 18.2 Å². The number of likely N-dealkylation sites (N-methyl/N-ethyl adjacent to an activating group) is 1. The van der Waals surface area contributed by atoms with E-state index in [1.807, 2.05) is 0 Å². The van der Waals surface area contributed by atoms with Gasteiger partial charge in [0, 0.05) is 25.2 Å². The topological polar surface area (TPSA) is 95.7 Å². The number of nitrogens with one attached hydrogen (secondary N) is 1. The number of aliphatic hydroxyl groups excluding tert-OH is 1. The van der Waals surface area contributed by atoms with Crippen LogP contribution in [-0.4, -0.2) is 40.7 Å². The van der Waals surface area contributed by atoms with Gasteiger partial charge in [-0.15, -0.1) is 0 Å². The number of aliphatic hydroxyl groups is 1. The second kappa shape index (κ2) is 6.95. The average molecular weight is 321 g/mol. The standard InChI is InChI=1S/C16H23N3O4/c1-10-4-5-13(8-14(10)19(22)23)11(2)17-16(21)18(3)9-15(20)12-6-7-12/h4-5,8,11-12,15,20H,6-7,9H2,1-3H3,(H,17,21). The molecule has 2 atom stereocenters. The minimum atomic E-state index is -0.485. The Bertz CT molecular complexity index is 601. The molecule has 2 amide bonds. The molecule has 2 rings (SSSR count). The minimum Gasteiger partial charge on any atom is -0.391 e. The molecule has 0 saturated heterocycles. The van der Waals surface area contributed by atoms with Crippen molar-refractivity contribution < 1.29 is 14.8 Å². The van der Waals surface area contributed by atoms with Gasteiger partial charge in [0.15, 0.2) is 0 Å². The van der Waals surface area contributed by atoms with Crippen LogP contribution in [0.2, 0.25) is 0 Å². The summed E-state index contributed by atoms with van der Waals surface area (Å²) in [5.41, 5.74) is 1.30. The Labute approximate surface area is 135 Å². The highest BCUT2D eigenvalue weighted by Crippen LogP contribution is 2.32. The van der Waals surface area contributed by atoms with Gasteiger partial charge in [-0.25, -0.2) is 4.79 Å². The number of hydrogen-bond acceptors (Lipinski definition) is 4. The van der Waals surface area contributed by atoms with Crippen LogP contribution in [0.3, 0.4) is 0 Å². The first-order chi connectivity index (χ1) is 10.8. The first-order valence-electron chi connectivity index (χ1n) is 7.74. The van der Waals surface area contributed by atoms with E-state index in [0.29, 0.717) is 17.0 Å². The maximum absolute atomic E-state index is 12.2. The van der Waals surface area contributed by atoms with Crippen LogP contribution in [0.5, 0.6) is 0 Å². The number of nitro benzene ring substituents is 1. The molecule has 0 aromatic heterocycles. The van der Waals surface area contributed by atoms with E-state index >= 15 is 0 Å². The van der Waals surface area contributed by atoms with Gasteiger partial charge in [0.05, 0.1) is 17.1 Å².